The Kier molecular flexibility index (Phi) is 13.1. The number of rotatable bonds is 5. The van der Waals surface area contributed by atoms with Crippen molar-refractivity contribution in [3.8, 4) is 0 Å². The quantitative estimate of drug-likeness (QED) is 0.160. The molecule has 0 aromatic carbocycles. The first-order chi connectivity index (χ1) is 20.2. The van der Waals surface area contributed by atoms with Gasteiger partial charge in [-0.25, -0.2) is 4.79 Å². The second-order valence-electron chi connectivity index (χ2n) is 11.1. The van der Waals surface area contributed by atoms with Gasteiger partial charge < -0.3 is 35.8 Å². The van der Waals surface area contributed by atoms with E-state index in [0.717, 1.165) is 6.08 Å². The summed E-state index contributed by atoms with van der Waals surface area (Å²) in [5.74, 6) is -2.15. The van der Waals surface area contributed by atoms with Crippen LogP contribution in [0.5, 0.6) is 0 Å². The summed E-state index contributed by atoms with van der Waals surface area (Å²) < 4.78 is 16.7. The van der Waals surface area contributed by atoms with Crippen LogP contribution < -0.4 is 16.4 Å². The van der Waals surface area contributed by atoms with Gasteiger partial charge in [0.05, 0.1) is 23.2 Å². The van der Waals surface area contributed by atoms with Crippen LogP contribution >= 0.6 is 0 Å². The normalized spacial score (nSPS) is 30.6. The van der Waals surface area contributed by atoms with Gasteiger partial charge in [0.15, 0.2) is 6.10 Å². The van der Waals surface area contributed by atoms with Crippen LogP contribution in [0.1, 0.15) is 54.4 Å². The Morgan fingerprint density at radius 2 is 1.84 bits per heavy atom. The van der Waals surface area contributed by atoms with E-state index in [9.17, 15) is 24.4 Å². The maximum atomic E-state index is 13.6. The standard InChI is InChI=1S/C31H44N4O8/c1-16(2)33-27-21-12-17(3)13-25(42-8)26(35-40)19(5)14-20(6)29(43-31(32)39)24(41-7)11-9-10-18(4)30(38)34-22(28(21)37)15-23(27)36/h9-11,14-17,19,24-25,29,33,40H,12-13H2,1-8H3,(H2,32,39)(H,34,38)/b11-9-,18-10+,20-14+,35-26+/t17-,19+,24+,25+,29+/m1/s1. The molecular formula is C31H44N4O8. The number of Topliss-reactive ketones (excluding diaryl/α,β-unsaturated/α-hetero) is 1. The number of nitrogens with one attached hydrogen (secondary N) is 2. The number of amides is 2. The number of hydrogen-bond acceptors (Lipinski definition) is 10. The maximum absolute atomic E-state index is 13.6. The topological polar surface area (TPSA) is 179 Å². The molecule has 5 N–H and O–H groups in total. The van der Waals surface area contributed by atoms with Crippen molar-refractivity contribution in [1.29, 1.82) is 0 Å². The van der Waals surface area contributed by atoms with Crippen LogP contribution in [-0.2, 0) is 28.6 Å². The predicted molar refractivity (Wildman–Crippen MR) is 161 cm³/mol. The molecule has 236 valence electrons. The second kappa shape index (κ2) is 16.0. The molecule has 1 heterocycles. The van der Waals surface area contributed by atoms with Crippen molar-refractivity contribution in [2.24, 2.45) is 22.7 Å². The summed E-state index contributed by atoms with van der Waals surface area (Å²) in [7, 11) is 2.91. The zero-order valence-corrected chi connectivity index (χ0v) is 26.1. The molecule has 12 nitrogen and oxygen atoms in total. The number of primary amides is 1. The van der Waals surface area contributed by atoms with Crippen LogP contribution in [0.3, 0.4) is 0 Å². The smallest absolute Gasteiger partial charge is 0.405 e. The molecule has 2 aliphatic rings. The van der Waals surface area contributed by atoms with E-state index in [1.165, 1.54) is 20.3 Å². The molecule has 0 aromatic rings. The van der Waals surface area contributed by atoms with E-state index >= 15 is 0 Å². The van der Waals surface area contributed by atoms with Gasteiger partial charge >= 0.3 is 6.09 Å². The van der Waals surface area contributed by atoms with Crippen molar-refractivity contribution in [2.75, 3.05) is 14.2 Å². The van der Waals surface area contributed by atoms with E-state index in [1.807, 2.05) is 20.8 Å². The fraction of sp³-hybridized carbons (Fsp3) is 0.516. The summed E-state index contributed by atoms with van der Waals surface area (Å²) in [5, 5.41) is 19.2. The summed E-state index contributed by atoms with van der Waals surface area (Å²) in [6.07, 6.45) is 4.65. The highest BCUT2D eigenvalue weighted by atomic mass is 16.6. The molecule has 12 heteroatoms. The summed E-state index contributed by atoms with van der Waals surface area (Å²) in [5.41, 5.74) is 6.79. The molecule has 0 aromatic heterocycles. The average molecular weight is 601 g/mol. The molecule has 0 radical (unpaired) electrons. The zero-order chi connectivity index (χ0) is 32.4. The first kappa shape index (κ1) is 35.2. The molecule has 43 heavy (non-hydrogen) atoms. The van der Waals surface area contributed by atoms with E-state index in [2.05, 4.69) is 15.8 Å². The number of nitrogens with zero attached hydrogens (tertiary/aromatic N) is 1. The molecule has 0 unspecified atom stereocenters. The van der Waals surface area contributed by atoms with Gasteiger partial charge in [0.2, 0.25) is 11.6 Å². The lowest BCUT2D eigenvalue weighted by atomic mass is 9.85. The third-order valence-electron chi connectivity index (χ3n) is 7.17. The monoisotopic (exact) mass is 600 g/mol. The number of allylic oxidation sites excluding steroid dienone is 5. The number of carbonyl (C=O) groups is 4. The van der Waals surface area contributed by atoms with Crippen molar-refractivity contribution in [1.82, 2.24) is 10.6 Å². The molecule has 2 rings (SSSR count). The number of ether oxygens (including phenoxy) is 3. The van der Waals surface area contributed by atoms with Gasteiger partial charge in [-0.2, -0.15) is 0 Å². The average Bonchev–Trinajstić information content (AvgIpc) is 2.93. The van der Waals surface area contributed by atoms with Gasteiger partial charge in [-0.1, -0.05) is 43.3 Å². The molecule has 1 aliphatic heterocycles. The van der Waals surface area contributed by atoms with Gasteiger partial charge in [0.25, 0.3) is 5.91 Å². The van der Waals surface area contributed by atoms with Crippen molar-refractivity contribution < 1.29 is 38.6 Å². The molecule has 0 spiro atoms. The summed E-state index contributed by atoms with van der Waals surface area (Å²) in [6, 6.07) is -0.123. The minimum atomic E-state index is -1.01. The fourth-order valence-corrected chi connectivity index (χ4v) is 5.04. The minimum Gasteiger partial charge on any atom is -0.439 e. The van der Waals surface area contributed by atoms with Crippen LogP contribution in [0.15, 0.2) is 63.6 Å². The molecule has 2 bridgehead atoms. The maximum Gasteiger partial charge on any atom is 0.405 e. The van der Waals surface area contributed by atoms with Crippen LogP contribution in [0.4, 0.5) is 4.79 Å². The van der Waals surface area contributed by atoms with Crippen molar-refractivity contribution >= 4 is 29.3 Å². The van der Waals surface area contributed by atoms with E-state index in [-0.39, 0.29) is 40.9 Å². The number of fused-ring (bicyclic) bond motifs is 2. The van der Waals surface area contributed by atoms with Gasteiger partial charge in [-0.05, 0) is 52.0 Å². The number of ketones is 2. The number of methoxy groups -OCH3 is 2. The van der Waals surface area contributed by atoms with Crippen LogP contribution in [0, 0.1) is 11.8 Å². The lowest BCUT2D eigenvalue weighted by Crippen LogP contribution is -2.38. The highest BCUT2D eigenvalue weighted by Crippen LogP contribution is 2.28. The Balaban J connectivity index is 2.69. The first-order valence-corrected chi connectivity index (χ1v) is 14.1. The van der Waals surface area contributed by atoms with Gasteiger partial charge in [-0.15, -0.1) is 0 Å². The number of oxime groups is 1. The van der Waals surface area contributed by atoms with Crippen LogP contribution in [0.2, 0.25) is 0 Å². The van der Waals surface area contributed by atoms with E-state index < -0.39 is 47.8 Å². The summed E-state index contributed by atoms with van der Waals surface area (Å²) >= 11 is 0. The van der Waals surface area contributed by atoms with E-state index in [4.69, 9.17) is 19.9 Å². The molecule has 1 aliphatic carbocycles. The zero-order valence-electron chi connectivity index (χ0n) is 26.1. The number of hydrogen-bond donors (Lipinski definition) is 4. The lowest BCUT2D eigenvalue weighted by molar-refractivity contribution is -0.120. The van der Waals surface area contributed by atoms with E-state index in [1.54, 1.807) is 39.0 Å². The number of carbonyl (C=O) groups excluding carboxylic acids is 4. The number of nitrogens with two attached hydrogens (primary N) is 1. The third kappa shape index (κ3) is 9.48. The fourth-order valence-electron chi connectivity index (χ4n) is 5.04. The molecular weight excluding hydrogens is 556 g/mol. The molecule has 0 saturated carbocycles. The van der Waals surface area contributed by atoms with Crippen molar-refractivity contribution in [3.05, 3.63) is 58.5 Å². The second-order valence-corrected chi connectivity index (χ2v) is 11.1. The van der Waals surface area contributed by atoms with Crippen LogP contribution in [0.25, 0.3) is 0 Å². The first-order valence-electron chi connectivity index (χ1n) is 14.1. The highest BCUT2D eigenvalue weighted by molar-refractivity contribution is 6.23. The lowest BCUT2D eigenvalue weighted by Gasteiger charge is -2.27. The predicted octanol–water partition coefficient (Wildman–Crippen LogP) is 3.23. The SMILES string of the molecule is CO[C@H]1C[C@H](C)CC2=C(NC(C)C)C(=O)C=C(NC(=O)/C(C)=C/C=C\[C@H](OC)[C@@H](OC(N)=O)/C(C)=C/[C@H](C)/C1=N\O)C2=O. The van der Waals surface area contributed by atoms with Gasteiger partial charge in [-0.3, -0.25) is 14.4 Å². The van der Waals surface area contributed by atoms with Crippen LogP contribution in [-0.4, -0.2) is 73.1 Å². The molecule has 0 saturated heterocycles. The Morgan fingerprint density at radius 1 is 1.16 bits per heavy atom. The molecule has 0 fully saturated rings. The van der Waals surface area contributed by atoms with E-state index in [0.29, 0.717) is 17.7 Å². The van der Waals surface area contributed by atoms with Crippen molar-refractivity contribution in [3.63, 3.8) is 0 Å². The Labute approximate surface area is 252 Å². The largest absolute Gasteiger partial charge is 0.439 e. The van der Waals surface area contributed by atoms with Gasteiger partial charge in [0.1, 0.15) is 6.10 Å². The highest BCUT2D eigenvalue weighted by Gasteiger charge is 2.33. The Hall–Kier alpha value is -4.03. The molecule has 5 atom stereocenters. The Morgan fingerprint density at radius 3 is 2.40 bits per heavy atom. The molecule has 2 amide bonds. The Bertz CT molecular complexity index is 1270. The van der Waals surface area contributed by atoms with Crippen molar-refractivity contribution in [2.45, 2.75) is 78.7 Å². The third-order valence-corrected chi connectivity index (χ3v) is 7.17. The summed E-state index contributed by atoms with van der Waals surface area (Å²) in [6.45, 7) is 10.7. The summed E-state index contributed by atoms with van der Waals surface area (Å²) in [4.78, 5) is 51.5. The minimum absolute atomic E-state index is 0.123. The van der Waals surface area contributed by atoms with Gasteiger partial charge in [0, 0.05) is 43.4 Å².